The van der Waals surface area contributed by atoms with Gasteiger partial charge in [-0.2, -0.15) is 0 Å². The largest absolute Gasteiger partial charge is 0.355 e. The van der Waals surface area contributed by atoms with Gasteiger partial charge in [0.25, 0.3) is 5.91 Å². The molecule has 92 valence electrons. The van der Waals surface area contributed by atoms with Crippen LogP contribution in [0.2, 0.25) is 5.02 Å². The predicted octanol–water partition coefficient (Wildman–Crippen LogP) is 1.97. The van der Waals surface area contributed by atoms with Crippen LogP contribution in [0.3, 0.4) is 0 Å². The number of nitrogens with one attached hydrogen (secondary N) is 2. The lowest BCUT2D eigenvalue weighted by Gasteiger charge is -2.06. The van der Waals surface area contributed by atoms with E-state index in [9.17, 15) is 9.59 Å². The highest BCUT2D eigenvalue weighted by molar-refractivity contribution is 9.10. The molecule has 0 radical (unpaired) electrons. The summed E-state index contributed by atoms with van der Waals surface area (Å²) in [5.74, 6) is -0.547. The number of halogens is 2. The molecule has 0 spiro atoms. The number of hydrogen-bond donors (Lipinski definition) is 2. The van der Waals surface area contributed by atoms with Gasteiger partial charge in [-0.3, -0.25) is 9.59 Å². The van der Waals surface area contributed by atoms with Crippen LogP contribution in [0.1, 0.15) is 17.3 Å². The van der Waals surface area contributed by atoms with Gasteiger partial charge in [-0.05, 0) is 41.1 Å². The Kier molecular flexibility index (Phi) is 5.44. The summed E-state index contributed by atoms with van der Waals surface area (Å²) >= 11 is 9.10. The Morgan fingerprint density at radius 2 is 2.06 bits per heavy atom. The van der Waals surface area contributed by atoms with Crippen LogP contribution in [-0.2, 0) is 4.79 Å². The van der Waals surface area contributed by atoms with E-state index in [2.05, 4.69) is 26.6 Å². The van der Waals surface area contributed by atoms with Crippen molar-refractivity contribution in [2.45, 2.75) is 6.92 Å². The number of carbonyl (C=O) groups is 2. The molecule has 1 aromatic rings. The van der Waals surface area contributed by atoms with Crippen LogP contribution in [-0.4, -0.2) is 24.9 Å². The average molecular weight is 320 g/mol. The van der Waals surface area contributed by atoms with E-state index in [0.29, 0.717) is 17.1 Å². The summed E-state index contributed by atoms with van der Waals surface area (Å²) in [4.78, 5) is 22.8. The van der Waals surface area contributed by atoms with E-state index in [0.717, 1.165) is 4.47 Å². The zero-order valence-electron chi connectivity index (χ0n) is 9.22. The summed E-state index contributed by atoms with van der Waals surface area (Å²) in [6, 6.07) is 4.85. The quantitative estimate of drug-likeness (QED) is 0.891. The third kappa shape index (κ3) is 4.36. The van der Waals surface area contributed by atoms with Gasteiger partial charge in [0, 0.05) is 16.6 Å². The lowest BCUT2D eigenvalue weighted by Crippen LogP contribution is -2.36. The van der Waals surface area contributed by atoms with Crippen molar-refractivity contribution in [2.24, 2.45) is 0 Å². The molecular weight excluding hydrogens is 307 g/mol. The van der Waals surface area contributed by atoms with Crippen molar-refractivity contribution < 1.29 is 9.59 Å². The number of likely N-dealkylation sites (N-methyl/N-ethyl adjacent to an activating group) is 1. The zero-order valence-corrected chi connectivity index (χ0v) is 11.6. The highest BCUT2D eigenvalue weighted by Gasteiger charge is 2.09. The normalized spacial score (nSPS) is 9.82. The molecular formula is C11H12BrClN2O2. The minimum atomic E-state index is -0.328. The fourth-order valence-corrected chi connectivity index (χ4v) is 1.59. The fraction of sp³-hybridized carbons (Fsp3) is 0.273. The topological polar surface area (TPSA) is 58.2 Å². The summed E-state index contributed by atoms with van der Waals surface area (Å²) in [6.45, 7) is 2.31. The van der Waals surface area contributed by atoms with Crippen LogP contribution in [0.5, 0.6) is 0 Å². The maximum atomic E-state index is 11.7. The monoisotopic (exact) mass is 318 g/mol. The minimum absolute atomic E-state index is 0.0413. The molecule has 0 heterocycles. The summed E-state index contributed by atoms with van der Waals surface area (Å²) in [5, 5.41) is 5.55. The minimum Gasteiger partial charge on any atom is -0.355 e. The van der Waals surface area contributed by atoms with E-state index in [-0.39, 0.29) is 18.4 Å². The third-order valence-electron chi connectivity index (χ3n) is 1.97. The van der Waals surface area contributed by atoms with E-state index >= 15 is 0 Å². The standard InChI is InChI=1S/C11H12BrClN2O2/c1-2-14-10(16)6-15-11(17)7-3-4-8(12)9(13)5-7/h3-5H,2,6H2,1H3,(H,14,16)(H,15,17). The van der Waals surface area contributed by atoms with E-state index < -0.39 is 0 Å². The predicted molar refractivity (Wildman–Crippen MR) is 70.2 cm³/mol. The summed E-state index contributed by atoms with van der Waals surface area (Å²) in [7, 11) is 0. The molecule has 0 saturated carbocycles. The molecule has 0 atom stereocenters. The maximum absolute atomic E-state index is 11.7. The molecule has 1 aromatic carbocycles. The molecule has 2 N–H and O–H groups in total. The number of benzene rings is 1. The number of rotatable bonds is 4. The van der Waals surface area contributed by atoms with Crippen LogP contribution in [0.15, 0.2) is 22.7 Å². The van der Waals surface area contributed by atoms with Crippen LogP contribution in [0, 0.1) is 0 Å². The fourth-order valence-electron chi connectivity index (χ4n) is 1.16. The Labute approximate surface area is 113 Å². The van der Waals surface area contributed by atoms with Gasteiger partial charge in [0.2, 0.25) is 5.91 Å². The van der Waals surface area contributed by atoms with E-state index in [1.54, 1.807) is 18.2 Å². The molecule has 17 heavy (non-hydrogen) atoms. The van der Waals surface area contributed by atoms with E-state index in [1.807, 2.05) is 6.92 Å². The lowest BCUT2D eigenvalue weighted by atomic mass is 10.2. The van der Waals surface area contributed by atoms with Crippen molar-refractivity contribution in [1.29, 1.82) is 0 Å². The van der Waals surface area contributed by atoms with Crippen molar-refractivity contribution in [3.8, 4) is 0 Å². The molecule has 0 saturated heterocycles. The molecule has 0 bridgehead atoms. The second-order valence-corrected chi connectivity index (χ2v) is 4.53. The van der Waals surface area contributed by atoms with Gasteiger partial charge in [0.1, 0.15) is 0 Å². The van der Waals surface area contributed by atoms with Crippen molar-refractivity contribution in [3.05, 3.63) is 33.3 Å². The Bertz CT molecular complexity index is 437. The molecule has 0 aliphatic rings. The first-order valence-corrected chi connectivity index (χ1v) is 6.21. The molecule has 0 fully saturated rings. The first-order valence-electron chi connectivity index (χ1n) is 5.04. The molecule has 4 nitrogen and oxygen atoms in total. The van der Waals surface area contributed by atoms with Gasteiger partial charge in [0.15, 0.2) is 0 Å². The average Bonchev–Trinajstić information content (AvgIpc) is 2.30. The number of carbonyl (C=O) groups excluding carboxylic acids is 2. The molecule has 0 aromatic heterocycles. The SMILES string of the molecule is CCNC(=O)CNC(=O)c1ccc(Br)c(Cl)c1. The van der Waals surface area contributed by atoms with Crippen LogP contribution < -0.4 is 10.6 Å². The smallest absolute Gasteiger partial charge is 0.251 e. The van der Waals surface area contributed by atoms with Gasteiger partial charge in [-0.1, -0.05) is 11.6 Å². The second kappa shape index (κ2) is 6.61. The Hall–Kier alpha value is -1.07. The van der Waals surface area contributed by atoms with E-state index in [1.165, 1.54) is 0 Å². The summed E-state index contributed by atoms with van der Waals surface area (Å²) < 4.78 is 0.722. The first kappa shape index (κ1) is 14.0. The zero-order chi connectivity index (χ0) is 12.8. The maximum Gasteiger partial charge on any atom is 0.251 e. The van der Waals surface area contributed by atoms with Gasteiger partial charge in [-0.15, -0.1) is 0 Å². The summed E-state index contributed by atoms with van der Waals surface area (Å²) in [5.41, 5.74) is 0.419. The van der Waals surface area contributed by atoms with Crippen molar-refractivity contribution in [1.82, 2.24) is 10.6 Å². The van der Waals surface area contributed by atoms with Crippen molar-refractivity contribution in [3.63, 3.8) is 0 Å². The molecule has 0 aliphatic heterocycles. The highest BCUT2D eigenvalue weighted by Crippen LogP contribution is 2.22. The Balaban J connectivity index is 2.58. The number of hydrogen-bond acceptors (Lipinski definition) is 2. The van der Waals surface area contributed by atoms with Crippen molar-refractivity contribution >= 4 is 39.3 Å². The van der Waals surface area contributed by atoms with Gasteiger partial charge in [-0.25, -0.2) is 0 Å². The number of amides is 2. The highest BCUT2D eigenvalue weighted by atomic mass is 79.9. The first-order chi connectivity index (χ1) is 8.04. The van der Waals surface area contributed by atoms with Crippen molar-refractivity contribution in [2.75, 3.05) is 13.1 Å². The van der Waals surface area contributed by atoms with Crippen LogP contribution in [0.4, 0.5) is 0 Å². The van der Waals surface area contributed by atoms with E-state index in [4.69, 9.17) is 11.6 Å². The molecule has 6 heteroatoms. The molecule has 0 aliphatic carbocycles. The van der Waals surface area contributed by atoms with Gasteiger partial charge >= 0.3 is 0 Å². The van der Waals surface area contributed by atoms with Gasteiger partial charge in [0.05, 0.1) is 11.6 Å². The molecule has 0 unspecified atom stereocenters. The second-order valence-electron chi connectivity index (χ2n) is 3.27. The lowest BCUT2D eigenvalue weighted by molar-refractivity contribution is -0.120. The summed E-state index contributed by atoms with van der Waals surface area (Å²) in [6.07, 6.45) is 0. The Morgan fingerprint density at radius 3 is 2.65 bits per heavy atom. The third-order valence-corrected chi connectivity index (χ3v) is 3.20. The molecule has 2 amide bonds. The van der Waals surface area contributed by atoms with Crippen LogP contribution >= 0.6 is 27.5 Å². The van der Waals surface area contributed by atoms with Crippen LogP contribution in [0.25, 0.3) is 0 Å². The van der Waals surface area contributed by atoms with Gasteiger partial charge < -0.3 is 10.6 Å². The Morgan fingerprint density at radius 1 is 1.35 bits per heavy atom. The molecule has 1 rings (SSSR count).